The number of hydrogen-bond donors (Lipinski definition) is 0. The Kier molecular flexibility index (Phi) is 151. The van der Waals surface area contributed by atoms with Crippen LogP contribution in [0.3, 0.4) is 0 Å². The SMILES string of the molecule is [Ba+2].[Gd].[H-].[H-].[H-].[H-].[Ho].[O]=[Cu].[Sr+2]. The summed E-state index contributed by atoms with van der Waals surface area (Å²) in [6.45, 7) is 0. The van der Waals surface area contributed by atoms with Gasteiger partial charge in [-0.05, 0) is 0 Å². The molecule has 0 fully saturated rings. The normalized spacial score (nSPS) is 1.00. The van der Waals surface area contributed by atoms with Crippen molar-refractivity contribution in [3.8, 4) is 0 Å². The molecule has 6 heteroatoms. The molecule has 1 radical (unpaired) electrons. The predicted octanol–water partition coefficient (Wildman–Crippen LogP) is -0.433. The standard InChI is InChI=1S/Ba.Cu.Gd.Ho.O.Sr.4H/q+2;;;;;+2;4*-1. The van der Waals surface area contributed by atoms with Crippen molar-refractivity contribution >= 4 is 94.4 Å². The van der Waals surface area contributed by atoms with Crippen molar-refractivity contribution in [2.45, 2.75) is 0 Å². The van der Waals surface area contributed by atoms with E-state index < -0.39 is 0 Å². The minimum absolute atomic E-state index is 0. The number of rotatable bonds is 0. The zero-order valence-electron chi connectivity index (χ0n) is 6.78. The van der Waals surface area contributed by atoms with E-state index in [1.165, 1.54) is 0 Å². The molecule has 0 N–H and O–H groups in total. The van der Waals surface area contributed by atoms with Crippen molar-refractivity contribution in [1.82, 2.24) is 0 Å². The molecule has 0 saturated heterocycles. The second-order valence-electron chi connectivity index (χ2n) is 0. The zero-order valence-corrected chi connectivity index (χ0v) is 15.8. The quantitative estimate of drug-likeness (QED) is 0.333. The van der Waals surface area contributed by atoms with Crippen LogP contribution in [0.2, 0.25) is 0 Å². The molecule has 1 nitrogen and oxygen atoms in total. The van der Waals surface area contributed by atoms with Crippen molar-refractivity contribution in [1.29, 1.82) is 0 Å². The smallest absolute Gasteiger partial charge is 2.00 e. The Labute approximate surface area is 191 Å². The summed E-state index contributed by atoms with van der Waals surface area (Å²) in [5.74, 6) is 0. The van der Waals surface area contributed by atoms with Gasteiger partial charge in [0, 0.05) is 77.7 Å². The van der Waals surface area contributed by atoms with Gasteiger partial charge in [-0.25, -0.2) is 0 Å². The number of hydrogen-bond acceptors (Lipinski definition) is 1. The average molecular weight is 631 g/mol. The van der Waals surface area contributed by atoms with Gasteiger partial charge < -0.3 is 5.71 Å². The van der Waals surface area contributed by atoms with Crippen LogP contribution in [0, 0.1) is 77.7 Å². The van der Waals surface area contributed by atoms with Crippen LogP contribution in [0.1, 0.15) is 5.71 Å². The second kappa shape index (κ2) is 30.6. The summed E-state index contributed by atoms with van der Waals surface area (Å²) in [6.07, 6.45) is 0. The summed E-state index contributed by atoms with van der Waals surface area (Å²) in [4.78, 5) is 0. The van der Waals surface area contributed by atoms with E-state index >= 15 is 0 Å². The van der Waals surface area contributed by atoms with Crippen molar-refractivity contribution in [3.63, 3.8) is 0 Å². The molecule has 6 heavy (non-hydrogen) atoms. The van der Waals surface area contributed by atoms with Crippen molar-refractivity contribution < 1.29 is 103 Å². The monoisotopic (exact) mass is 632 g/mol. The molecular formula is H4BaCuGdHoOSr. The third-order valence-corrected chi connectivity index (χ3v) is 0. The first-order valence-electron chi connectivity index (χ1n) is 0.123. The fourth-order valence-corrected chi connectivity index (χ4v) is 0. The molecule has 0 amide bonds. The molecule has 0 bridgehead atoms. The third kappa shape index (κ3) is 22.5. The minimum atomic E-state index is 0. The Balaban J connectivity index is -0.000000000179. The zero-order chi connectivity index (χ0) is 2.00. The molecule has 0 aliphatic carbocycles. The van der Waals surface area contributed by atoms with Crippen LogP contribution < -0.4 is 0 Å². The fraction of sp³-hybridized carbons (Fsp3) is 0. The third-order valence-electron chi connectivity index (χ3n) is 0. The van der Waals surface area contributed by atoms with Crippen molar-refractivity contribution in [2.75, 3.05) is 0 Å². The maximum Gasteiger partial charge on any atom is 2.00 e. The Morgan fingerprint density at radius 2 is 1.33 bits per heavy atom. The van der Waals surface area contributed by atoms with Crippen LogP contribution in [-0.4, -0.2) is 94.4 Å². The van der Waals surface area contributed by atoms with E-state index in [0.717, 1.165) is 0 Å². The van der Waals surface area contributed by atoms with Gasteiger partial charge >= 0.3 is 114 Å². The summed E-state index contributed by atoms with van der Waals surface area (Å²) in [5.41, 5.74) is 0. The first-order valence-corrected chi connectivity index (χ1v) is 0.508. The molecular weight excluding hydrogens is 627 g/mol. The van der Waals surface area contributed by atoms with Gasteiger partial charge in [-0.3, -0.25) is 0 Å². The Bertz CT molecular complexity index is 25.2. The van der Waals surface area contributed by atoms with Crippen LogP contribution in [0.15, 0.2) is 0 Å². The van der Waals surface area contributed by atoms with E-state index in [9.17, 15) is 0 Å². The molecule has 0 aliphatic rings. The second-order valence-corrected chi connectivity index (χ2v) is 0. The van der Waals surface area contributed by atoms with Gasteiger partial charge in [0.25, 0.3) is 0 Å². The molecule has 0 unspecified atom stereocenters. The van der Waals surface area contributed by atoms with Gasteiger partial charge in [-0.1, -0.05) is 0 Å². The van der Waals surface area contributed by atoms with Crippen LogP contribution in [0.5, 0.6) is 0 Å². The van der Waals surface area contributed by atoms with Gasteiger partial charge in [-0.2, -0.15) is 0 Å². The Morgan fingerprint density at radius 3 is 1.33 bits per heavy atom. The minimum Gasteiger partial charge on any atom is 2.00 e. The topological polar surface area (TPSA) is 17.1 Å². The first kappa shape index (κ1) is 29.7. The molecule has 0 aromatic rings. The van der Waals surface area contributed by atoms with Gasteiger partial charge in [0.05, 0.1) is 0 Å². The van der Waals surface area contributed by atoms with Crippen LogP contribution in [0.25, 0.3) is 0 Å². The molecule has 0 atom stereocenters. The van der Waals surface area contributed by atoms with Gasteiger partial charge in [0.2, 0.25) is 0 Å². The Morgan fingerprint density at radius 1 is 1.33 bits per heavy atom. The molecule has 0 aromatic heterocycles. The predicted molar refractivity (Wildman–Crippen MR) is 16.6 cm³/mol. The summed E-state index contributed by atoms with van der Waals surface area (Å²) in [6, 6.07) is 0. The average Bonchev–Trinajstić information content (AvgIpc) is 1.00. The first-order chi connectivity index (χ1) is 1.00. The van der Waals surface area contributed by atoms with Gasteiger partial charge in [0.15, 0.2) is 0 Å². The summed E-state index contributed by atoms with van der Waals surface area (Å²) in [7, 11) is 0. The molecule has 0 saturated carbocycles. The van der Waals surface area contributed by atoms with Gasteiger partial charge in [0.1, 0.15) is 0 Å². The van der Waals surface area contributed by atoms with E-state index in [-0.39, 0.29) is 178 Å². The molecule has 0 aliphatic heterocycles. The van der Waals surface area contributed by atoms with Gasteiger partial charge in [-0.15, -0.1) is 0 Å². The molecule has 0 rings (SSSR count). The van der Waals surface area contributed by atoms with E-state index in [4.69, 9.17) is 3.83 Å². The van der Waals surface area contributed by atoms with Crippen LogP contribution >= 0.6 is 0 Å². The van der Waals surface area contributed by atoms with Crippen molar-refractivity contribution in [3.05, 3.63) is 0 Å². The van der Waals surface area contributed by atoms with E-state index in [0.29, 0.717) is 0 Å². The molecule has 0 heterocycles. The largest absolute Gasteiger partial charge is 2.00 e. The molecule has 44 valence electrons. The van der Waals surface area contributed by atoms with Crippen LogP contribution in [-0.2, 0) is 19.8 Å². The summed E-state index contributed by atoms with van der Waals surface area (Å²) < 4.78 is 7.81. The van der Waals surface area contributed by atoms with Crippen molar-refractivity contribution in [2.24, 2.45) is 0 Å². The fourth-order valence-electron chi connectivity index (χ4n) is 0. The Hall–Kier alpha value is 5.96. The maximum absolute atomic E-state index is 7.81. The summed E-state index contributed by atoms with van der Waals surface area (Å²) in [5, 5.41) is 0. The van der Waals surface area contributed by atoms with E-state index in [2.05, 4.69) is 15.9 Å². The molecule has 0 spiro atoms. The molecule has 0 aromatic carbocycles. The maximum atomic E-state index is 7.81. The van der Waals surface area contributed by atoms with Crippen LogP contribution in [0.4, 0.5) is 0 Å². The summed E-state index contributed by atoms with van der Waals surface area (Å²) >= 11 is 2.94. The van der Waals surface area contributed by atoms with E-state index in [1.807, 2.05) is 0 Å². The van der Waals surface area contributed by atoms with E-state index in [1.54, 1.807) is 0 Å².